The van der Waals surface area contributed by atoms with Crippen LogP contribution in [0.15, 0.2) is 0 Å². The maximum atomic E-state index is 13.2. The minimum Gasteiger partial charge on any atom is -0.458 e. The molecule has 1 spiro atoms. The van der Waals surface area contributed by atoms with Crippen molar-refractivity contribution < 1.29 is 23.9 Å². The second-order valence-corrected chi connectivity index (χ2v) is 9.24. The number of amides is 1. The number of fused-ring (bicyclic) bond motifs is 1. The van der Waals surface area contributed by atoms with Gasteiger partial charge >= 0.3 is 12.1 Å². The normalized spacial score (nSPS) is 45.8. The molecule has 6 heteroatoms. The molecule has 0 radical (unpaired) electrons. The number of rotatable bonds is 2. The fraction of sp³-hybridized carbons (Fsp3) is 0.850. The van der Waals surface area contributed by atoms with Gasteiger partial charge in [0.05, 0.1) is 12.5 Å². The van der Waals surface area contributed by atoms with Crippen LogP contribution in [0.25, 0.3) is 0 Å². The van der Waals surface area contributed by atoms with E-state index in [1.165, 1.54) is 14.0 Å². The molecule has 3 aliphatic carbocycles. The monoisotopic (exact) mass is 363 g/mol. The fourth-order valence-corrected chi connectivity index (χ4v) is 7.30. The third-order valence-electron chi connectivity index (χ3n) is 8.35. The number of hydrogen-bond acceptors (Lipinski definition) is 5. The van der Waals surface area contributed by atoms with Crippen molar-refractivity contribution in [1.29, 1.82) is 0 Å². The van der Waals surface area contributed by atoms with Gasteiger partial charge in [-0.2, -0.15) is 0 Å². The highest BCUT2D eigenvalue weighted by atomic mass is 16.6. The van der Waals surface area contributed by atoms with Gasteiger partial charge in [0, 0.05) is 37.3 Å². The van der Waals surface area contributed by atoms with Gasteiger partial charge in [-0.05, 0) is 31.1 Å². The minimum absolute atomic E-state index is 0.0353. The molecule has 0 aromatic carbocycles. The van der Waals surface area contributed by atoms with E-state index in [0.717, 1.165) is 12.8 Å². The summed E-state index contributed by atoms with van der Waals surface area (Å²) in [6.07, 6.45) is 2.46. The van der Waals surface area contributed by atoms with Crippen LogP contribution in [0, 0.1) is 28.6 Å². The van der Waals surface area contributed by atoms with Crippen LogP contribution in [0.1, 0.15) is 53.4 Å². The van der Waals surface area contributed by atoms with Gasteiger partial charge < -0.3 is 14.4 Å². The number of Topliss-reactive ketones (excluding diaryl/α,β-unsaturated/α-hetero) is 1. The van der Waals surface area contributed by atoms with Crippen molar-refractivity contribution in [3.05, 3.63) is 0 Å². The molecule has 4 rings (SSSR count). The molecule has 0 N–H and O–H groups in total. The summed E-state index contributed by atoms with van der Waals surface area (Å²) in [5, 5.41) is 0. The topological polar surface area (TPSA) is 72.9 Å². The number of esters is 1. The van der Waals surface area contributed by atoms with Gasteiger partial charge in [0.1, 0.15) is 11.4 Å². The lowest BCUT2D eigenvalue weighted by Crippen LogP contribution is -2.79. The summed E-state index contributed by atoms with van der Waals surface area (Å²) in [6.45, 7) is 8.29. The Bertz CT molecular complexity index is 690. The quantitative estimate of drug-likeness (QED) is 0.706. The first kappa shape index (κ1) is 17.8. The number of ether oxygens (including phenoxy) is 2. The number of ketones is 1. The predicted molar refractivity (Wildman–Crippen MR) is 93.2 cm³/mol. The Morgan fingerprint density at radius 1 is 1.27 bits per heavy atom. The van der Waals surface area contributed by atoms with Gasteiger partial charge in [0.15, 0.2) is 0 Å². The molecule has 144 valence electrons. The van der Waals surface area contributed by atoms with E-state index < -0.39 is 11.0 Å². The molecule has 6 nitrogen and oxygen atoms in total. The third kappa shape index (κ3) is 1.67. The van der Waals surface area contributed by atoms with E-state index >= 15 is 0 Å². The van der Waals surface area contributed by atoms with Crippen molar-refractivity contribution in [2.24, 2.45) is 28.6 Å². The molecular formula is C20H29NO5. The molecule has 3 saturated carbocycles. The van der Waals surface area contributed by atoms with Gasteiger partial charge in [-0.15, -0.1) is 0 Å². The maximum Gasteiger partial charge on any atom is 0.409 e. The molecule has 6 atom stereocenters. The van der Waals surface area contributed by atoms with Crippen LogP contribution in [0.5, 0.6) is 0 Å². The van der Waals surface area contributed by atoms with E-state index in [9.17, 15) is 14.4 Å². The zero-order chi connectivity index (χ0) is 19.1. The first-order valence-electron chi connectivity index (χ1n) is 9.73. The highest BCUT2D eigenvalue weighted by molar-refractivity contribution is 5.94. The molecule has 0 aromatic heterocycles. The molecule has 1 aliphatic heterocycles. The van der Waals surface area contributed by atoms with Gasteiger partial charge in [-0.3, -0.25) is 9.59 Å². The second kappa shape index (κ2) is 5.23. The van der Waals surface area contributed by atoms with Crippen molar-refractivity contribution in [3.8, 4) is 0 Å². The summed E-state index contributed by atoms with van der Waals surface area (Å²) in [4.78, 5) is 39.5. The van der Waals surface area contributed by atoms with Crippen LogP contribution in [-0.4, -0.2) is 48.0 Å². The van der Waals surface area contributed by atoms with Crippen molar-refractivity contribution in [1.82, 2.24) is 4.90 Å². The number of nitrogens with zero attached hydrogens (tertiary/aromatic N) is 1. The molecule has 1 saturated heterocycles. The Labute approximate surface area is 154 Å². The Morgan fingerprint density at radius 2 is 1.96 bits per heavy atom. The fourth-order valence-electron chi connectivity index (χ4n) is 7.30. The number of carbonyl (C=O) groups excluding carboxylic acids is 3. The summed E-state index contributed by atoms with van der Waals surface area (Å²) in [5.74, 6) is 0.842. The van der Waals surface area contributed by atoms with Crippen LogP contribution >= 0.6 is 0 Å². The highest BCUT2D eigenvalue weighted by Crippen LogP contribution is 2.81. The van der Waals surface area contributed by atoms with Crippen molar-refractivity contribution in [2.45, 2.75) is 65.0 Å². The van der Waals surface area contributed by atoms with E-state index in [0.29, 0.717) is 31.2 Å². The van der Waals surface area contributed by atoms with Crippen LogP contribution in [0.2, 0.25) is 0 Å². The summed E-state index contributed by atoms with van der Waals surface area (Å²) in [6, 6.07) is -0.0353. The van der Waals surface area contributed by atoms with Crippen LogP contribution in [-0.2, 0) is 19.1 Å². The van der Waals surface area contributed by atoms with E-state index in [1.54, 1.807) is 4.90 Å². The number of methoxy groups -OCH3 is 1. The minimum atomic E-state index is -0.767. The number of hydrogen-bond donors (Lipinski definition) is 0. The largest absolute Gasteiger partial charge is 0.458 e. The molecule has 0 aromatic rings. The maximum absolute atomic E-state index is 13.2. The van der Waals surface area contributed by atoms with E-state index in [1.807, 2.05) is 0 Å². The number of likely N-dealkylation sites (tertiary alicyclic amines) is 1. The highest BCUT2D eigenvalue weighted by Gasteiger charge is 2.90. The van der Waals surface area contributed by atoms with Gasteiger partial charge in [-0.1, -0.05) is 20.8 Å². The first-order valence-corrected chi connectivity index (χ1v) is 9.73. The standard InChI is InChI=1S/C20H29NO5/c1-11(2)13-8-14-18(4)15(9-13)21(17(24)25-5)10-19(18)16(23)6-7-20(14,19)26-12(3)22/h11,13-15H,6-10H2,1-5H3/t13-,14+,15-,18+,19+,20+/m1/s1. The third-order valence-corrected chi connectivity index (χ3v) is 8.35. The lowest BCUT2D eigenvalue weighted by atomic mass is 9.33. The molecule has 4 fully saturated rings. The Hall–Kier alpha value is -1.59. The second-order valence-electron chi connectivity index (χ2n) is 9.24. The van der Waals surface area contributed by atoms with E-state index in [-0.39, 0.29) is 35.2 Å². The molecular weight excluding hydrogens is 334 g/mol. The van der Waals surface area contributed by atoms with Gasteiger partial charge in [-0.25, -0.2) is 4.79 Å². The molecule has 4 aliphatic rings. The summed E-state index contributed by atoms with van der Waals surface area (Å²) >= 11 is 0. The summed E-state index contributed by atoms with van der Waals surface area (Å²) in [7, 11) is 1.39. The SMILES string of the molecule is COC(=O)N1C[C@@]23C(=O)CC[C@]2(OC(C)=O)[C@H]2C[C@@H](C(C)C)C[C@@H]1[C@]23C. The smallest absolute Gasteiger partial charge is 0.409 e. The average molecular weight is 363 g/mol. The van der Waals surface area contributed by atoms with E-state index in [4.69, 9.17) is 9.47 Å². The number of carbonyl (C=O) groups is 3. The first-order chi connectivity index (χ1) is 12.2. The molecule has 0 bridgehead atoms. The Balaban J connectivity index is 1.87. The van der Waals surface area contributed by atoms with Gasteiger partial charge in [0.25, 0.3) is 0 Å². The molecule has 1 heterocycles. The molecule has 0 unspecified atom stereocenters. The average Bonchev–Trinajstić information content (AvgIpc) is 2.99. The van der Waals surface area contributed by atoms with E-state index in [2.05, 4.69) is 20.8 Å². The zero-order valence-corrected chi connectivity index (χ0v) is 16.3. The molecule has 26 heavy (non-hydrogen) atoms. The summed E-state index contributed by atoms with van der Waals surface area (Å²) in [5.41, 5.74) is -1.86. The van der Waals surface area contributed by atoms with Crippen molar-refractivity contribution in [3.63, 3.8) is 0 Å². The van der Waals surface area contributed by atoms with Crippen LogP contribution in [0.4, 0.5) is 4.79 Å². The summed E-state index contributed by atoms with van der Waals surface area (Å²) < 4.78 is 11.0. The lowest BCUT2D eigenvalue weighted by Gasteiger charge is -2.71. The lowest BCUT2D eigenvalue weighted by molar-refractivity contribution is -0.293. The van der Waals surface area contributed by atoms with Crippen LogP contribution in [0.3, 0.4) is 0 Å². The van der Waals surface area contributed by atoms with Gasteiger partial charge in [0.2, 0.25) is 0 Å². The molecule has 1 amide bonds. The van der Waals surface area contributed by atoms with Crippen molar-refractivity contribution >= 4 is 17.8 Å². The Kier molecular flexibility index (Phi) is 3.58. The predicted octanol–water partition coefficient (Wildman–Crippen LogP) is 2.79. The van der Waals surface area contributed by atoms with Crippen LogP contribution < -0.4 is 0 Å². The zero-order valence-electron chi connectivity index (χ0n) is 16.3. The van der Waals surface area contributed by atoms with Crippen molar-refractivity contribution in [2.75, 3.05) is 13.7 Å². The Morgan fingerprint density at radius 3 is 2.54 bits per heavy atom.